The van der Waals surface area contributed by atoms with Gasteiger partial charge in [0, 0.05) is 88.4 Å². The molecule has 1 saturated carbocycles. The second-order valence-corrected chi connectivity index (χ2v) is 31.7. The van der Waals surface area contributed by atoms with Crippen molar-refractivity contribution in [2.45, 2.75) is 94.8 Å². The number of rotatable bonds is 19. The number of aryl methyl sites for hydroxylation is 1. The third kappa shape index (κ3) is 17.8. The van der Waals surface area contributed by atoms with Gasteiger partial charge in [0.25, 0.3) is 23.6 Å². The van der Waals surface area contributed by atoms with E-state index in [0.29, 0.717) is 117 Å². The molecule has 7 aromatic heterocycles. The van der Waals surface area contributed by atoms with Crippen molar-refractivity contribution in [1.82, 2.24) is 70.9 Å². The fourth-order valence-electron chi connectivity index (χ4n) is 13.3. The van der Waals surface area contributed by atoms with E-state index in [4.69, 9.17) is 44.9 Å². The van der Waals surface area contributed by atoms with Crippen LogP contribution in [0.25, 0.3) is 43.4 Å². The molecule has 9 aromatic rings. The van der Waals surface area contributed by atoms with Crippen molar-refractivity contribution >= 4 is 121 Å². The maximum Gasteiger partial charge on any atom is 0.407 e. The van der Waals surface area contributed by atoms with Crippen LogP contribution < -0.4 is 27.0 Å². The first-order chi connectivity index (χ1) is 52.1. The first-order valence-corrected chi connectivity index (χ1v) is 39.7. The number of aromatic nitrogens is 7. The number of nitrogens with zero attached hydrogens (tertiary/aromatic N) is 10. The van der Waals surface area contributed by atoms with Gasteiger partial charge in [-0.2, -0.15) is 0 Å². The lowest BCUT2D eigenvalue weighted by Gasteiger charge is -2.35. The first-order valence-electron chi connectivity index (χ1n) is 34.5. The van der Waals surface area contributed by atoms with Crippen molar-refractivity contribution in [3.63, 3.8) is 0 Å². The number of aliphatic hydroxyl groups excluding tert-OH is 1. The molecule has 13 rings (SSSR count). The lowest BCUT2D eigenvalue weighted by atomic mass is 9.85. The van der Waals surface area contributed by atoms with Crippen molar-refractivity contribution in [2.24, 2.45) is 17.6 Å². The summed E-state index contributed by atoms with van der Waals surface area (Å²) < 4.78 is 17.0. The van der Waals surface area contributed by atoms with Crippen LogP contribution in [0.1, 0.15) is 136 Å². The Bertz CT molecular complexity index is 4800. The van der Waals surface area contributed by atoms with Crippen molar-refractivity contribution in [1.29, 1.82) is 0 Å². The highest BCUT2D eigenvalue weighted by Gasteiger charge is 2.48. The monoisotopic (exact) mass is 1580 g/mol. The molecule has 10 bridgehead atoms. The van der Waals surface area contributed by atoms with E-state index in [1.165, 1.54) is 50.5 Å². The number of aromatic hydroxyl groups is 1. The molecule has 10 heterocycles. The minimum atomic E-state index is -1.46. The minimum Gasteiger partial charge on any atom is -0.508 e. The zero-order valence-corrected chi connectivity index (χ0v) is 62.8. The topological polar surface area (TPSA) is 436 Å². The highest BCUT2D eigenvalue weighted by atomic mass is 32.1. The summed E-state index contributed by atoms with van der Waals surface area (Å²) >= 11 is 6.66. The zero-order chi connectivity index (χ0) is 75.9. The number of morpholine rings is 1. The van der Waals surface area contributed by atoms with Gasteiger partial charge in [-0.1, -0.05) is 49.4 Å². The van der Waals surface area contributed by atoms with Gasteiger partial charge in [-0.25, -0.2) is 44.5 Å². The van der Waals surface area contributed by atoms with Crippen LogP contribution in [0, 0.1) is 18.8 Å². The summed E-state index contributed by atoms with van der Waals surface area (Å²) in [6.45, 7) is 5.99. The van der Waals surface area contributed by atoms with E-state index < -0.39 is 115 Å². The molecule has 108 heavy (non-hydrogen) atoms. The predicted octanol–water partition coefficient (Wildman–Crippen LogP) is 7.54. The molecule has 564 valence electrons. The van der Waals surface area contributed by atoms with Crippen LogP contribution in [-0.2, 0) is 39.8 Å². The van der Waals surface area contributed by atoms with E-state index in [0.717, 1.165) is 45.3 Å². The summed E-state index contributed by atoms with van der Waals surface area (Å²) in [5.41, 5.74) is 8.13. The van der Waals surface area contributed by atoms with E-state index in [-0.39, 0.29) is 82.9 Å². The number of aliphatic carboxylic acids is 2. The highest BCUT2D eigenvalue weighted by Crippen LogP contribution is 2.44. The molecule has 10 N–H and O–H groups in total. The second-order valence-electron chi connectivity index (χ2n) is 26.1. The van der Waals surface area contributed by atoms with Gasteiger partial charge in [-0.15, -0.1) is 68.0 Å². The largest absolute Gasteiger partial charge is 0.508 e. The molecule has 7 atom stereocenters. The molecule has 3 fully saturated rings. The molecule has 31 nitrogen and oxygen atoms in total. The van der Waals surface area contributed by atoms with Gasteiger partial charge in [0.05, 0.1) is 56.5 Å². The number of fused-ring (bicyclic) bond motifs is 16. The van der Waals surface area contributed by atoms with Crippen LogP contribution in [0.4, 0.5) is 4.79 Å². The Morgan fingerprint density at radius 1 is 0.713 bits per heavy atom. The van der Waals surface area contributed by atoms with Crippen molar-refractivity contribution in [3.8, 4) is 49.1 Å². The van der Waals surface area contributed by atoms with E-state index in [9.17, 15) is 58.8 Å². The number of phenolic OH excluding ortho intramolecular Hbond substituents is 1. The number of alkyl carbamates (subject to hydrolysis) is 1. The summed E-state index contributed by atoms with van der Waals surface area (Å²) in [6.07, 6.45) is -2.19. The molecule has 0 radical (unpaired) electrons. The maximum atomic E-state index is 15.8. The number of carboxylic acid groups (broad SMARTS) is 2. The number of benzene rings is 2. The van der Waals surface area contributed by atoms with E-state index in [1.54, 1.807) is 82.6 Å². The molecular weight excluding hydrogens is 1510 g/mol. The Kier molecular flexibility index (Phi) is 24.1. The van der Waals surface area contributed by atoms with Crippen LogP contribution in [0.15, 0.2) is 93.6 Å². The number of pyridine rings is 1. The summed E-state index contributed by atoms with van der Waals surface area (Å²) in [4.78, 5) is 164. The summed E-state index contributed by atoms with van der Waals surface area (Å²) in [7, 11) is 0. The van der Waals surface area contributed by atoms with Crippen molar-refractivity contribution < 1.29 is 77.8 Å². The fourth-order valence-corrected chi connectivity index (χ4v) is 18.6. The number of carbonyl (C=O) groups excluding carboxylic acids is 7. The van der Waals surface area contributed by atoms with Crippen LogP contribution in [0.3, 0.4) is 0 Å². The fraction of sp³-hybridized carbons (Fsp3) is 0.380. The lowest BCUT2D eigenvalue weighted by Crippen LogP contribution is -2.50. The number of nitrogens with one attached hydrogen (secondary N) is 4. The number of aliphatic hydroxyl groups is 1. The standard InChI is InChI=1S/C71H73N15O16S6/c1-35-51(102-71(99)73-18-19-84-20-23-100-24-21-84)28-86-57(35)67-80-49(33-107-67)64-77-46(30-104-64)55-42(16-17-43(74-55)63-81-50(34-105-63)69(96)85(22-25-101-29-53(89)90)40-12-10-39(11-13-40)70(97)98)62-78-47(31-103-62)59(92)75-44(27-52(72)88)65-83-54(36(2)108-65)61(94)82-56(58(91)38-6-4-3-5-7-38)66-79-48(32-106-66)60(93)76-45(68(86)95)26-37-8-14-41(87)15-9-37/h3-9,14-17,30-35,39-40,44-45,51,56-58,87,91H,10-13,18-29H2,1-2H3,(H2,72,88)(H,73,99)(H,75,92)(H,76,93)(H,82,94)(H,89,90)(H,97,98)/t35-,39?,40?,44-,45-,51-,56-,57-,58+/m0/s1. The Hall–Kier alpha value is -9.96. The second kappa shape index (κ2) is 34.1. The number of nitrogens with two attached hydrogens (primary N) is 1. The molecule has 2 saturated heterocycles. The number of hydrogen-bond acceptors (Lipinski definition) is 28. The molecule has 1 aliphatic carbocycles. The van der Waals surface area contributed by atoms with Gasteiger partial charge < -0.3 is 71.4 Å². The van der Waals surface area contributed by atoms with Gasteiger partial charge in [0.2, 0.25) is 11.8 Å². The summed E-state index contributed by atoms with van der Waals surface area (Å²) in [5, 5.41) is 62.8. The van der Waals surface area contributed by atoms with Crippen LogP contribution >= 0.6 is 68.0 Å². The third-order valence-corrected chi connectivity index (χ3v) is 24.4. The quantitative estimate of drug-likeness (QED) is 0.0353. The number of carbonyl (C=O) groups is 9. The summed E-state index contributed by atoms with van der Waals surface area (Å²) in [5.74, 6) is -7.51. The average Bonchev–Trinajstić information content (AvgIpc) is 1.62. The highest BCUT2D eigenvalue weighted by molar-refractivity contribution is 7.15. The Morgan fingerprint density at radius 2 is 1.38 bits per heavy atom. The average molecular weight is 1580 g/mol. The van der Waals surface area contributed by atoms with Crippen LogP contribution in [0.5, 0.6) is 5.75 Å². The lowest BCUT2D eigenvalue weighted by molar-refractivity contribution is -0.143. The number of carboxylic acids is 2. The van der Waals surface area contributed by atoms with E-state index in [1.807, 2.05) is 6.92 Å². The number of ether oxygens (including phenoxy) is 3. The Balaban J connectivity index is 0.889. The van der Waals surface area contributed by atoms with Crippen molar-refractivity contribution in [2.75, 3.05) is 65.7 Å². The summed E-state index contributed by atoms with van der Waals surface area (Å²) in [6, 6.07) is 12.9. The van der Waals surface area contributed by atoms with Gasteiger partial charge in [0.15, 0.2) is 0 Å². The number of thiazole rings is 6. The van der Waals surface area contributed by atoms with Crippen LogP contribution in [0.2, 0.25) is 0 Å². The molecule has 3 aliphatic heterocycles. The molecule has 0 unspecified atom stereocenters. The molecule has 7 amide bonds. The Morgan fingerprint density at radius 3 is 2.12 bits per heavy atom. The minimum absolute atomic E-state index is 0.00883. The molecule has 37 heteroatoms. The van der Waals surface area contributed by atoms with Gasteiger partial charge in [-0.3, -0.25) is 38.5 Å². The predicted molar refractivity (Wildman–Crippen MR) is 398 cm³/mol. The molecular formula is C71H73N15O16S6. The maximum absolute atomic E-state index is 15.8. The van der Waals surface area contributed by atoms with Gasteiger partial charge >= 0.3 is 18.0 Å². The molecule has 4 aliphatic rings. The SMILES string of the molecule is Cc1sc2nc1C(=O)N[C@@H]([C@H](O)c1ccccc1)c1nc(cs1)C(=O)N[C@@H](Cc1ccc(O)cc1)C(=O)N1C[C@H](OC(=O)NCCN3CCOCC3)[C@H](C)[C@H]1c1nc(cs1)-c1nc(cs1)-c1nc(-c3nc(C(=O)N(CCOCC(=O)O)C4CCC(C(=O)O)CC4)cs3)ccc1-c1nc(cs1)C(=O)N[C@H]2CC(N)=O. The smallest absolute Gasteiger partial charge is 0.407 e. The molecule has 2 aromatic carbocycles. The number of amides is 7. The number of hydrogen-bond donors (Lipinski definition) is 9. The van der Waals surface area contributed by atoms with E-state index >= 15 is 4.79 Å². The third-order valence-electron chi connectivity index (χ3n) is 18.9. The Labute approximate surface area is 640 Å². The van der Waals surface area contributed by atoms with Gasteiger partial charge in [0.1, 0.15) is 107 Å². The van der Waals surface area contributed by atoms with Crippen molar-refractivity contribution in [3.05, 3.63) is 147 Å². The zero-order valence-electron chi connectivity index (χ0n) is 57.9. The number of phenols is 1. The van der Waals surface area contributed by atoms with Gasteiger partial charge in [-0.05, 0) is 68.0 Å². The van der Waals surface area contributed by atoms with E-state index in [2.05, 4.69) is 36.1 Å². The first kappa shape index (κ1) is 76.2. The normalized spacial score (nSPS) is 21.0. The van der Waals surface area contributed by atoms with Crippen LogP contribution in [-0.4, -0.2) is 207 Å². The molecule has 0 spiro atoms. The number of primary amides is 1.